The summed E-state index contributed by atoms with van der Waals surface area (Å²) in [6.07, 6.45) is 1.62. The Morgan fingerprint density at radius 3 is 2.85 bits per heavy atom. The number of furan rings is 1. The lowest BCUT2D eigenvalue weighted by Crippen LogP contribution is -2.44. The van der Waals surface area contributed by atoms with Gasteiger partial charge in [0.15, 0.2) is 0 Å². The van der Waals surface area contributed by atoms with Gasteiger partial charge in [0.05, 0.1) is 6.26 Å². The maximum absolute atomic E-state index is 9.55. The van der Waals surface area contributed by atoms with Gasteiger partial charge in [-0.05, 0) is 25.1 Å². The van der Waals surface area contributed by atoms with E-state index in [9.17, 15) is 5.26 Å². The fraction of sp³-hybridized carbons (Fsp3) is 0.333. The standard InChI is InChI=1S/C15H16N4O/c1-11-9-12(14-3-2-8-20-14)13(10-16)15(18-11)19-6-4-17-5-7-19/h2-3,8-9,17H,4-7H2,1H3. The second-order valence-electron chi connectivity index (χ2n) is 4.84. The summed E-state index contributed by atoms with van der Waals surface area (Å²) in [5.74, 6) is 1.48. The first-order valence-electron chi connectivity index (χ1n) is 6.71. The fourth-order valence-electron chi connectivity index (χ4n) is 2.50. The van der Waals surface area contributed by atoms with Crippen molar-refractivity contribution < 1.29 is 4.42 Å². The van der Waals surface area contributed by atoms with Crippen molar-refractivity contribution in [3.05, 3.63) is 35.7 Å². The van der Waals surface area contributed by atoms with Gasteiger partial charge in [-0.1, -0.05) is 0 Å². The zero-order valence-corrected chi connectivity index (χ0v) is 11.4. The second-order valence-corrected chi connectivity index (χ2v) is 4.84. The smallest absolute Gasteiger partial charge is 0.147 e. The van der Waals surface area contributed by atoms with Gasteiger partial charge in [0.2, 0.25) is 0 Å². The predicted molar refractivity (Wildman–Crippen MR) is 76.5 cm³/mol. The number of hydrogen-bond donors (Lipinski definition) is 1. The molecular weight excluding hydrogens is 252 g/mol. The van der Waals surface area contributed by atoms with E-state index in [0.29, 0.717) is 11.3 Å². The number of rotatable bonds is 2. The van der Waals surface area contributed by atoms with Crippen LogP contribution >= 0.6 is 0 Å². The molecule has 0 spiro atoms. The molecule has 0 aliphatic carbocycles. The van der Waals surface area contributed by atoms with E-state index in [2.05, 4.69) is 21.3 Å². The molecule has 1 fully saturated rings. The number of piperazine rings is 1. The molecule has 2 aromatic heterocycles. The summed E-state index contributed by atoms with van der Waals surface area (Å²) >= 11 is 0. The third-order valence-corrected chi connectivity index (χ3v) is 3.44. The van der Waals surface area contributed by atoms with E-state index in [0.717, 1.165) is 43.3 Å². The predicted octanol–water partition coefficient (Wildman–Crippen LogP) is 1.93. The summed E-state index contributed by atoms with van der Waals surface area (Å²) in [5.41, 5.74) is 2.30. The first kappa shape index (κ1) is 12.7. The molecule has 0 radical (unpaired) electrons. The lowest BCUT2D eigenvalue weighted by molar-refractivity contribution is 0.579. The minimum Gasteiger partial charge on any atom is -0.464 e. The van der Waals surface area contributed by atoms with Gasteiger partial charge in [-0.3, -0.25) is 0 Å². The van der Waals surface area contributed by atoms with Crippen LogP contribution in [0.4, 0.5) is 5.82 Å². The number of nitriles is 1. The van der Waals surface area contributed by atoms with Crippen LogP contribution in [0.15, 0.2) is 28.9 Å². The molecule has 0 amide bonds. The average Bonchev–Trinajstić information content (AvgIpc) is 3.01. The van der Waals surface area contributed by atoms with Crippen molar-refractivity contribution in [1.82, 2.24) is 10.3 Å². The highest BCUT2D eigenvalue weighted by atomic mass is 16.3. The highest BCUT2D eigenvalue weighted by Crippen LogP contribution is 2.30. The van der Waals surface area contributed by atoms with Crippen LogP contribution in [0.25, 0.3) is 11.3 Å². The van der Waals surface area contributed by atoms with Crippen LogP contribution in [0.3, 0.4) is 0 Å². The summed E-state index contributed by atoms with van der Waals surface area (Å²) in [6.45, 7) is 5.50. The van der Waals surface area contributed by atoms with Crippen molar-refractivity contribution in [2.24, 2.45) is 0 Å². The number of nitrogens with one attached hydrogen (secondary N) is 1. The Bertz CT molecular complexity index is 637. The lowest BCUT2D eigenvalue weighted by Gasteiger charge is -2.29. The van der Waals surface area contributed by atoms with Crippen LogP contribution in [-0.4, -0.2) is 31.2 Å². The van der Waals surface area contributed by atoms with Crippen molar-refractivity contribution in [3.63, 3.8) is 0 Å². The van der Waals surface area contributed by atoms with Crippen LogP contribution < -0.4 is 10.2 Å². The zero-order valence-electron chi connectivity index (χ0n) is 11.4. The highest BCUT2D eigenvalue weighted by molar-refractivity contribution is 5.74. The number of hydrogen-bond acceptors (Lipinski definition) is 5. The van der Waals surface area contributed by atoms with Gasteiger partial charge in [-0.2, -0.15) is 5.26 Å². The number of nitrogens with zero attached hydrogens (tertiary/aromatic N) is 3. The SMILES string of the molecule is Cc1cc(-c2ccco2)c(C#N)c(N2CCNCC2)n1. The van der Waals surface area contributed by atoms with Crippen molar-refractivity contribution in [1.29, 1.82) is 5.26 Å². The van der Waals surface area contributed by atoms with Crippen molar-refractivity contribution >= 4 is 5.82 Å². The van der Waals surface area contributed by atoms with Crippen molar-refractivity contribution in [2.75, 3.05) is 31.1 Å². The monoisotopic (exact) mass is 268 g/mol. The minimum absolute atomic E-state index is 0.590. The Morgan fingerprint density at radius 1 is 1.40 bits per heavy atom. The molecule has 1 saturated heterocycles. The van der Waals surface area contributed by atoms with Crippen LogP contribution in [0, 0.1) is 18.3 Å². The Hall–Kier alpha value is -2.32. The van der Waals surface area contributed by atoms with Gasteiger partial charge in [0.25, 0.3) is 0 Å². The number of pyridine rings is 1. The molecule has 2 aromatic rings. The van der Waals surface area contributed by atoms with Crippen molar-refractivity contribution in [3.8, 4) is 17.4 Å². The quantitative estimate of drug-likeness (QED) is 0.901. The first-order valence-corrected chi connectivity index (χ1v) is 6.71. The first-order chi connectivity index (χ1) is 9.79. The molecule has 5 nitrogen and oxygen atoms in total. The van der Waals surface area contributed by atoms with Gasteiger partial charge in [-0.15, -0.1) is 0 Å². The van der Waals surface area contributed by atoms with Gasteiger partial charge in [0, 0.05) is 37.4 Å². The number of aromatic nitrogens is 1. The highest BCUT2D eigenvalue weighted by Gasteiger charge is 2.20. The Labute approximate surface area is 117 Å². The summed E-state index contributed by atoms with van der Waals surface area (Å²) in [6, 6.07) is 7.90. The van der Waals surface area contributed by atoms with Gasteiger partial charge in [0.1, 0.15) is 23.2 Å². The fourth-order valence-corrected chi connectivity index (χ4v) is 2.50. The molecule has 102 valence electrons. The van der Waals surface area contributed by atoms with E-state index in [1.807, 2.05) is 25.1 Å². The van der Waals surface area contributed by atoms with Gasteiger partial charge in [-0.25, -0.2) is 4.98 Å². The molecule has 3 rings (SSSR count). The van der Waals surface area contributed by atoms with Gasteiger partial charge < -0.3 is 14.6 Å². The van der Waals surface area contributed by atoms with E-state index in [1.165, 1.54) is 0 Å². The summed E-state index contributed by atoms with van der Waals surface area (Å²) in [7, 11) is 0. The topological polar surface area (TPSA) is 65.1 Å². The molecule has 1 N–H and O–H groups in total. The Kier molecular flexibility index (Phi) is 3.40. The maximum Gasteiger partial charge on any atom is 0.147 e. The second kappa shape index (κ2) is 5.35. The maximum atomic E-state index is 9.55. The lowest BCUT2D eigenvalue weighted by atomic mass is 10.1. The van der Waals surface area contributed by atoms with E-state index >= 15 is 0 Å². The summed E-state index contributed by atoms with van der Waals surface area (Å²) < 4.78 is 5.45. The molecule has 20 heavy (non-hydrogen) atoms. The molecule has 1 aliphatic heterocycles. The van der Waals surface area contributed by atoms with E-state index in [-0.39, 0.29) is 0 Å². The molecule has 0 atom stereocenters. The van der Waals surface area contributed by atoms with E-state index in [4.69, 9.17) is 4.42 Å². The van der Waals surface area contributed by atoms with Crippen LogP contribution in [0.5, 0.6) is 0 Å². The van der Waals surface area contributed by atoms with Crippen LogP contribution in [0.2, 0.25) is 0 Å². The summed E-state index contributed by atoms with van der Waals surface area (Å²) in [5, 5.41) is 12.9. The Balaban J connectivity index is 2.12. The molecule has 1 aliphatic rings. The number of anilines is 1. The van der Waals surface area contributed by atoms with Gasteiger partial charge >= 0.3 is 0 Å². The zero-order chi connectivity index (χ0) is 13.9. The van der Waals surface area contributed by atoms with E-state index in [1.54, 1.807) is 6.26 Å². The average molecular weight is 268 g/mol. The number of aryl methyl sites for hydroxylation is 1. The molecular formula is C15H16N4O. The normalized spacial score (nSPS) is 15.1. The van der Waals surface area contributed by atoms with Crippen LogP contribution in [0.1, 0.15) is 11.3 Å². The molecule has 3 heterocycles. The largest absolute Gasteiger partial charge is 0.464 e. The molecule has 0 saturated carbocycles. The minimum atomic E-state index is 0.590. The molecule has 0 unspecified atom stereocenters. The third-order valence-electron chi connectivity index (χ3n) is 3.44. The van der Waals surface area contributed by atoms with Crippen molar-refractivity contribution in [2.45, 2.75) is 6.92 Å². The molecule has 0 bridgehead atoms. The molecule has 5 heteroatoms. The Morgan fingerprint density at radius 2 is 2.20 bits per heavy atom. The van der Waals surface area contributed by atoms with E-state index < -0.39 is 0 Å². The summed E-state index contributed by atoms with van der Waals surface area (Å²) in [4.78, 5) is 6.73. The van der Waals surface area contributed by atoms with Crippen LogP contribution in [-0.2, 0) is 0 Å². The molecule has 0 aromatic carbocycles. The third kappa shape index (κ3) is 2.26.